The number of Topliss-reactive ketones (excluding diaryl/α,β-unsaturated/α-hetero) is 3. The standard InChI is InChI=1S/C97H127N19O17/c1-58-14-10-9-11-15-59(2)78(128-7)48-72-21-17-63(6)97(127,133-72)87(122)92(124)115-28-13-12-16-75(115)93(125)131-79(49-76(117)60(3)43-62(5)85(120)86(121)84(119)61(4)42-58)73(98)45-64-19-22-77(80(46-64)129-8)132-96(126)114-30-25-74-71(56-114)53-104-95(107-74)112-37-35-110(36-38-112)81(118)26-40-130-41-39-109-31-33-111(34-32-109)94-102-51-70(52-103-94)91(123)113-29-24-66-44-65(18-20-68(66)55-113)54-116-90-82(88(99)105-57-106-90)83(108-116)69-47-67-23-27-100-89(67)101-50-69/h9-11,14-15,18,20,23,27,43-44,47,50-53,57-58,60-61,63-64,72-73,75,77-80,85-86,120-121,127H,12-13,16-17,19,21-22,24-26,28-42,45-46,48-49,54-56,98H2,1-8H3,(H,100,101)(H2,99,105,106)/b11-9+,14-10+,59-15+,62-43+/t58-,60-,61-,63-,64+,72+,73-,75+,77-,78+,79+,80-,85-,86+,97-/m1/s1. The second-order valence-electron chi connectivity index (χ2n) is 37.2. The van der Waals surface area contributed by atoms with Crippen molar-refractivity contribution in [3.63, 3.8) is 0 Å². The molecule has 2 bridgehead atoms. The van der Waals surface area contributed by atoms with E-state index in [9.17, 15) is 53.7 Å². The molecule has 0 spiro atoms. The minimum Gasteiger partial charge on any atom is -0.459 e. The van der Waals surface area contributed by atoms with Crippen molar-refractivity contribution in [3.8, 4) is 11.3 Å². The highest BCUT2D eigenvalue weighted by Gasteiger charge is 2.54. The van der Waals surface area contributed by atoms with E-state index in [4.69, 9.17) is 55.0 Å². The van der Waals surface area contributed by atoms with Crippen molar-refractivity contribution >= 4 is 86.9 Å². The summed E-state index contributed by atoms with van der Waals surface area (Å²) in [5, 5.41) is 41.4. The number of pyridine rings is 1. The number of nitrogens with two attached hydrogens (primary N) is 2. The first-order valence-corrected chi connectivity index (χ1v) is 47.0. The Kier molecular flexibility index (Phi) is 31.5. The van der Waals surface area contributed by atoms with Gasteiger partial charge in [0.2, 0.25) is 23.6 Å². The third-order valence-corrected chi connectivity index (χ3v) is 28.0. The van der Waals surface area contributed by atoms with Crippen molar-refractivity contribution < 1.29 is 82.1 Å². The van der Waals surface area contributed by atoms with Crippen LogP contribution in [-0.4, -0.2) is 303 Å². The van der Waals surface area contributed by atoms with E-state index >= 15 is 0 Å². The maximum Gasteiger partial charge on any atom is 0.410 e. The Morgan fingerprint density at radius 2 is 1.47 bits per heavy atom. The zero-order valence-corrected chi connectivity index (χ0v) is 77.4. The largest absolute Gasteiger partial charge is 0.459 e. The van der Waals surface area contributed by atoms with Crippen LogP contribution in [-0.2, 0) is 89.7 Å². The van der Waals surface area contributed by atoms with Gasteiger partial charge in [-0.15, -0.1) is 0 Å². The Labute approximate surface area is 774 Å². The fraction of sp³-hybridized carbons (Fsp3) is 0.567. The Balaban J connectivity index is 0.483. The molecule has 6 aromatic heterocycles. The maximum atomic E-state index is 14.8. The fourth-order valence-corrected chi connectivity index (χ4v) is 19.8. The molecular formula is C97H127N19O17. The lowest BCUT2D eigenvalue weighted by Crippen LogP contribution is -2.61. The normalized spacial score (nSPS) is 28.4. The molecule has 36 nitrogen and oxygen atoms in total. The van der Waals surface area contributed by atoms with Crippen molar-refractivity contribution in [2.75, 3.05) is 122 Å². The summed E-state index contributed by atoms with van der Waals surface area (Å²) in [7, 11) is 3.09. The van der Waals surface area contributed by atoms with Gasteiger partial charge in [-0.3, -0.25) is 33.7 Å². The molecule has 4 amide bonds. The van der Waals surface area contributed by atoms with Gasteiger partial charge in [0.15, 0.2) is 11.4 Å². The molecule has 36 heteroatoms. The molecule has 0 radical (unpaired) electrons. The van der Waals surface area contributed by atoms with E-state index in [1.807, 2.05) is 77.0 Å². The number of allylic oxidation sites excluding steroid dienone is 6. The number of piperazine rings is 2. The second-order valence-corrected chi connectivity index (χ2v) is 37.2. The monoisotopic (exact) mass is 1830 g/mol. The van der Waals surface area contributed by atoms with Gasteiger partial charge in [-0.25, -0.2) is 49.2 Å². The molecule has 133 heavy (non-hydrogen) atoms. The van der Waals surface area contributed by atoms with E-state index in [1.54, 1.807) is 64.7 Å². The molecule has 8 N–H and O–H groups in total. The molecule has 1 saturated carbocycles. The molecule has 13 heterocycles. The van der Waals surface area contributed by atoms with Gasteiger partial charge in [0, 0.05) is 190 Å². The number of benzene rings is 1. The third kappa shape index (κ3) is 22.7. The summed E-state index contributed by atoms with van der Waals surface area (Å²) in [5.74, 6) is -7.96. The maximum absolute atomic E-state index is 14.8. The number of aliphatic hydroxyl groups is 3. The van der Waals surface area contributed by atoms with E-state index in [0.717, 1.165) is 62.5 Å². The van der Waals surface area contributed by atoms with Crippen molar-refractivity contribution in [3.05, 3.63) is 149 Å². The van der Waals surface area contributed by atoms with Crippen LogP contribution in [0.1, 0.15) is 163 Å². The van der Waals surface area contributed by atoms with Crippen LogP contribution in [0.2, 0.25) is 0 Å². The highest BCUT2D eigenvalue weighted by Crippen LogP contribution is 2.40. The number of piperidine rings is 1. The Morgan fingerprint density at radius 1 is 0.714 bits per heavy atom. The number of hydrogen-bond acceptors (Lipinski definition) is 30. The van der Waals surface area contributed by atoms with Gasteiger partial charge in [-0.05, 0) is 136 Å². The van der Waals surface area contributed by atoms with E-state index in [2.05, 4.69) is 62.8 Å². The molecule has 8 aliphatic rings. The van der Waals surface area contributed by atoms with Gasteiger partial charge in [-0.2, -0.15) is 5.10 Å². The molecule has 7 aromatic rings. The summed E-state index contributed by atoms with van der Waals surface area (Å²) < 4.78 is 38.5. The highest BCUT2D eigenvalue weighted by atomic mass is 16.6. The number of anilines is 3. The number of hydrogen-bond donors (Lipinski definition) is 6. The Hall–Kier alpha value is -11.2. The van der Waals surface area contributed by atoms with Gasteiger partial charge in [0.1, 0.15) is 59.7 Å². The van der Waals surface area contributed by atoms with Crippen molar-refractivity contribution in [1.82, 2.24) is 74.2 Å². The minimum atomic E-state index is -2.52. The number of aromatic amines is 1. The van der Waals surface area contributed by atoms with E-state index < -0.39 is 120 Å². The van der Waals surface area contributed by atoms with Crippen LogP contribution < -0.4 is 21.3 Å². The second kappa shape index (κ2) is 43.4. The predicted octanol–water partition coefficient (Wildman–Crippen LogP) is 7.39. The number of aliphatic hydroxyl groups excluding tert-OH is 2. The number of aromatic nitrogens is 10. The number of carbonyl (C=O) groups excluding carboxylic acids is 8. The third-order valence-electron chi connectivity index (χ3n) is 28.0. The van der Waals surface area contributed by atoms with Crippen molar-refractivity contribution in [2.24, 2.45) is 35.3 Å². The summed E-state index contributed by atoms with van der Waals surface area (Å²) in [6.45, 7) is 18.9. The first-order chi connectivity index (χ1) is 64.1. The van der Waals surface area contributed by atoms with Gasteiger partial charge in [-0.1, -0.05) is 82.4 Å². The van der Waals surface area contributed by atoms with Gasteiger partial charge >= 0.3 is 12.1 Å². The first-order valence-electron chi connectivity index (χ1n) is 47.0. The topological polar surface area (TPSA) is 451 Å². The van der Waals surface area contributed by atoms with Gasteiger partial charge < -0.3 is 89.6 Å². The number of amides is 4. The molecule has 712 valence electrons. The van der Waals surface area contributed by atoms with E-state index in [1.165, 1.54) is 24.9 Å². The summed E-state index contributed by atoms with van der Waals surface area (Å²) >= 11 is 0. The molecule has 5 fully saturated rings. The molecule has 15 atom stereocenters. The van der Waals surface area contributed by atoms with Crippen molar-refractivity contribution in [2.45, 2.75) is 218 Å². The number of H-pyrrole nitrogens is 1. The van der Waals surface area contributed by atoms with Crippen LogP contribution in [0.15, 0.2) is 115 Å². The smallest absolute Gasteiger partial charge is 0.410 e. The van der Waals surface area contributed by atoms with Crippen LogP contribution in [0.3, 0.4) is 0 Å². The van der Waals surface area contributed by atoms with Crippen LogP contribution >= 0.6 is 0 Å². The summed E-state index contributed by atoms with van der Waals surface area (Å²) in [5.41, 5.74) is 22.8. The fourth-order valence-electron chi connectivity index (χ4n) is 19.8. The Morgan fingerprint density at radius 3 is 2.26 bits per heavy atom. The molecule has 7 aliphatic heterocycles. The molecule has 1 aliphatic carbocycles. The molecule has 0 unspecified atom stereocenters. The number of fused-ring (bicyclic) bond motifs is 7. The number of methoxy groups -OCH3 is 2. The predicted molar refractivity (Wildman–Crippen MR) is 493 cm³/mol. The molecule has 15 rings (SSSR count). The molecular weight excluding hydrogens is 1700 g/mol. The van der Waals surface area contributed by atoms with E-state index in [-0.39, 0.29) is 68.0 Å². The molecule has 4 saturated heterocycles. The highest BCUT2D eigenvalue weighted by molar-refractivity contribution is 6.39. The van der Waals surface area contributed by atoms with Crippen LogP contribution in [0, 0.1) is 29.6 Å². The number of ether oxygens (including phenoxy) is 6. The molecule has 1 aromatic carbocycles. The summed E-state index contributed by atoms with van der Waals surface area (Å²) in [6.07, 6.45) is 18.3. The average Bonchev–Trinajstić information content (AvgIpc) is 1.44. The number of carbonyl (C=O) groups is 8. The average molecular weight is 1830 g/mol. The zero-order valence-electron chi connectivity index (χ0n) is 77.4. The van der Waals surface area contributed by atoms with Crippen LogP contribution in [0.25, 0.3) is 33.3 Å². The zero-order chi connectivity index (χ0) is 93.9. The number of rotatable bonds is 18. The number of cyclic esters (lactones) is 1. The van der Waals surface area contributed by atoms with E-state index in [0.29, 0.717) is 189 Å². The quantitative estimate of drug-likeness (QED) is 0.0211. The number of nitrogen functional groups attached to an aromatic ring is 1. The minimum absolute atomic E-state index is 0.00530. The van der Waals surface area contributed by atoms with Gasteiger partial charge in [0.25, 0.3) is 17.6 Å². The van der Waals surface area contributed by atoms with Crippen LogP contribution in [0.5, 0.6) is 0 Å². The van der Waals surface area contributed by atoms with Crippen molar-refractivity contribution in [1.29, 1.82) is 0 Å². The number of nitrogens with one attached hydrogen (secondary N) is 1. The lowest BCUT2D eigenvalue weighted by molar-refractivity contribution is -0.265. The number of ketones is 3. The SMILES string of the molecule is CO[C@H]1C[C@@H]2CC[C@@H](C)[C@@](O)(O2)C(=O)C(=O)N2CCCC[C@H]2C(=O)O[C@H]([C@H](N)C[C@@H]2CC[C@@H](OC(=O)N3CCc4nc(N5CCN(C(=O)CCOCCN6CCN(c7ncc(C(=O)N8CCc9cc(Cn%10nc(-c%11cnc%12[nH]ccc%12c%11)c%11c(N)ncnc%11%10)ccc9C8)cn7)CC6)CC5)ncc4C3)[C@H](OC)C2)CC(=O)[C@H](C)/C=C(\C)[C@@H](O)[C@@H](O)C(=O)[C@H](C)C[C@H](C)/C=C/C=C/C=C/1C. The lowest BCUT2D eigenvalue weighted by Gasteiger charge is -2.42. The number of esters is 1. The summed E-state index contributed by atoms with van der Waals surface area (Å²) in [6, 6.07) is 8.05. The number of nitrogens with zero attached hydrogens (tertiary/aromatic N) is 16. The van der Waals surface area contributed by atoms with Crippen LogP contribution in [0.4, 0.5) is 22.5 Å². The lowest BCUT2D eigenvalue weighted by atomic mass is 9.80. The first kappa shape index (κ1) is 96.4. The Bertz CT molecular complexity index is 5470. The van der Waals surface area contributed by atoms with Gasteiger partial charge in [0.05, 0.1) is 67.7 Å². The summed E-state index contributed by atoms with van der Waals surface area (Å²) in [4.78, 5) is 162.